The number of thiazole rings is 1. The van der Waals surface area contributed by atoms with Crippen LogP contribution in [0.1, 0.15) is 11.5 Å². The van der Waals surface area contributed by atoms with Gasteiger partial charge in [0, 0.05) is 10.8 Å². The van der Waals surface area contributed by atoms with Crippen LogP contribution in [0.4, 0.5) is 0 Å². The van der Waals surface area contributed by atoms with Gasteiger partial charge < -0.3 is 15.1 Å². The van der Waals surface area contributed by atoms with Crippen LogP contribution in [0.2, 0.25) is 0 Å². The Hall–Kier alpha value is -3.83. The maximum atomic E-state index is 12.1. The number of H-pyrrole nitrogens is 1. The van der Waals surface area contributed by atoms with Gasteiger partial charge in [-0.25, -0.2) is 9.97 Å². The molecule has 160 valence electrons. The molecule has 32 heavy (non-hydrogen) atoms. The van der Waals surface area contributed by atoms with Gasteiger partial charge in [-0.05, 0) is 23.6 Å². The molecule has 1 aromatic carbocycles. The third kappa shape index (κ3) is 4.29. The summed E-state index contributed by atoms with van der Waals surface area (Å²) < 4.78 is 5.81. The Labute approximate surface area is 189 Å². The molecule has 5 aromatic rings. The van der Waals surface area contributed by atoms with Crippen molar-refractivity contribution in [2.75, 3.05) is 0 Å². The number of aromatic amines is 1. The van der Waals surface area contributed by atoms with Gasteiger partial charge >= 0.3 is 11.8 Å². The second-order valence-corrected chi connectivity index (χ2v) is 8.55. The summed E-state index contributed by atoms with van der Waals surface area (Å²) in [7, 11) is 0. The predicted molar refractivity (Wildman–Crippen MR) is 121 cm³/mol. The lowest BCUT2D eigenvalue weighted by atomic mass is 10.2. The lowest BCUT2D eigenvalue weighted by Gasteiger charge is -2.03. The summed E-state index contributed by atoms with van der Waals surface area (Å²) in [6, 6.07) is 13.5. The summed E-state index contributed by atoms with van der Waals surface area (Å²) in [5, 5.41) is 17.4. The van der Waals surface area contributed by atoms with Gasteiger partial charge in [-0.2, -0.15) is 5.10 Å². The van der Waals surface area contributed by atoms with E-state index in [4.69, 9.17) is 4.42 Å². The van der Waals surface area contributed by atoms with E-state index in [1.54, 1.807) is 0 Å². The van der Waals surface area contributed by atoms with E-state index in [9.17, 15) is 9.59 Å². The third-order valence-corrected chi connectivity index (χ3v) is 6.29. The van der Waals surface area contributed by atoms with Crippen molar-refractivity contribution in [3.63, 3.8) is 0 Å². The number of fused-ring (bicyclic) bond motifs is 1. The van der Waals surface area contributed by atoms with E-state index in [1.165, 1.54) is 22.7 Å². The standard InChI is InChI=1S/C21H16N6O3S2/c28-19(20(29)23-10-17-25-18(27-26-17)16-6-3-7-31-16)22-9-13-11-32-21(24-13)15-8-12-4-1-2-5-14(12)30-15/h1-8,11H,9-10H2,(H,22,28)(H,23,29)(H,25,26,27). The molecule has 5 rings (SSSR count). The second-order valence-electron chi connectivity index (χ2n) is 6.74. The van der Waals surface area contributed by atoms with E-state index in [0.29, 0.717) is 28.1 Å². The third-order valence-electron chi connectivity index (χ3n) is 4.51. The number of carbonyl (C=O) groups is 2. The molecule has 0 aliphatic heterocycles. The summed E-state index contributed by atoms with van der Waals surface area (Å²) in [6.45, 7) is 0.200. The molecule has 11 heteroatoms. The van der Waals surface area contributed by atoms with E-state index in [2.05, 4.69) is 30.8 Å². The van der Waals surface area contributed by atoms with Gasteiger partial charge in [-0.3, -0.25) is 14.7 Å². The molecule has 0 saturated carbocycles. The van der Waals surface area contributed by atoms with Gasteiger partial charge in [0.25, 0.3) is 0 Å². The number of thiophene rings is 1. The molecule has 0 saturated heterocycles. The van der Waals surface area contributed by atoms with Crippen molar-refractivity contribution in [2.24, 2.45) is 0 Å². The molecule has 3 N–H and O–H groups in total. The maximum Gasteiger partial charge on any atom is 0.309 e. The second kappa shape index (κ2) is 8.73. The highest BCUT2D eigenvalue weighted by atomic mass is 32.1. The van der Waals surface area contributed by atoms with Gasteiger partial charge in [0.15, 0.2) is 16.6 Å². The number of hydrogen-bond donors (Lipinski definition) is 3. The number of amides is 2. The Bertz CT molecular complexity index is 1350. The molecule has 4 heterocycles. The topological polar surface area (TPSA) is 126 Å². The number of nitrogens with one attached hydrogen (secondary N) is 3. The first-order chi connectivity index (χ1) is 15.7. The molecule has 9 nitrogen and oxygen atoms in total. The van der Waals surface area contributed by atoms with E-state index in [-0.39, 0.29) is 13.1 Å². The number of hydrogen-bond acceptors (Lipinski definition) is 8. The monoisotopic (exact) mass is 464 g/mol. The van der Waals surface area contributed by atoms with Crippen LogP contribution in [0, 0.1) is 0 Å². The molecule has 0 fully saturated rings. The minimum absolute atomic E-state index is 0.0670. The van der Waals surface area contributed by atoms with Gasteiger partial charge in [0.2, 0.25) is 0 Å². The predicted octanol–water partition coefficient (Wildman–Crippen LogP) is 3.34. The van der Waals surface area contributed by atoms with Crippen molar-refractivity contribution >= 4 is 45.5 Å². The smallest absolute Gasteiger partial charge is 0.309 e. The lowest BCUT2D eigenvalue weighted by molar-refractivity contribution is -0.139. The molecule has 0 aliphatic rings. The number of aromatic nitrogens is 4. The zero-order valence-electron chi connectivity index (χ0n) is 16.5. The highest BCUT2D eigenvalue weighted by molar-refractivity contribution is 7.13. The summed E-state index contributed by atoms with van der Waals surface area (Å²) in [4.78, 5) is 33.9. The van der Waals surface area contributed by atoms with Crippen molar-refractivity contribution in [1.82, 2.24) is 30.8 Å². The Morgan fingerprint density at radius 2 is 1.84 bits per heavy atom. The van der Waals surface area contributed by atoms with E-state index in [1.807, 2.05) is 53.2 Å². The SMILES string of the molecule is O=C(NCc1csc(-c2cc3ccccc3o2)n1)C(=O)NCc1nc(-c2cccs2)n[nH]1. The number of carbonyl (C=O) groups excluding carboxylic acids is 2. The Balaban J connectivity index is 1.13. The normalized spacial score (nSPS) is 11.0. The number of nitrogens with zero attached hydrogens (tertiary/aromatic N) is 3. The van der Waals surface area contributed by atoms with E-state index in [0.717, 1.165) is 15.8 Å². The molecule has 0 radical (unpaired) electrons. The van der Waals surface area contributed by atoms with Crippen LogP contribution in [-0.4, -0.2) is 32.0 Å². The zero-order valence-corrected chi connectivity index (χ0v) is 18.1. The van der Waals surface area contributed by atoms with Crippen molar-refractivity contribution in [2.45, 2.75) is 13.1 Å². The lowest BCUT2D eigenvalue weighted by Crippen LogP contribution is -2.39. The van der Waals surface area contributed by atoms with Gasteiger partial charge in [-0.15, -0.1) is 22.7 Å². The molecular formula is C21H16N6O3S2. The average molecular weight is 465 g/mol. The Morgan fingerprint density at radius 3 is 2.66 bits per heavy atom. The first-order valence-corrected chi connectivity index (χ1v) is 11.4. The van der Waals surface area contributed by atoms with Crippen molar-refractivity contribution in [3.8, 4) is 21.5 Å². The van der Waals surface area contributed by atoms with Crippen molar-refractivity contribution < 1.29 is 14.0 Å². The highest BCUT2D eigenvalue weighted by Gasteiger charge is 2.16. The van der Waals surface area contributed by atoms with Crippen LogP contribution in [0.15, 0.2) is 57.6 Å². The van der Waals surface area contributed by atoms with Gasteiger partial charge in [-0.1, -0.05) is 24.3 Å². The van der Waals surface area contributed by atoms with Crippen LogP contribution in [0.25, 0.3) is 32.4 Å². The van der Waals surface area contributed by atoms with Gasteiger partial charge in [0.1, 0.15) is 11.4 Å². The molecule has 2 amide bonds. The largest absolute Gasteiger partial charge is 0.454 e. The van der Waals surface area contributed by atoms with Crippen LogP contribution in [0.3, 0.4) is 0 Å². The molecule has 0 aliphatic carbocycles. The fraction of sp³-hybridized carbons (Fsp3) is 0.0952. The van der Waals surface area contributed by atoms with Crippen LogP contribution in [0.5, 0.6) is 0 Å². The number of benzene rings is 1. The molecule has 0 bridgehead atoms. The molecular weight excluding hydrogens is 448 g/mol. The highest BCUT2D eigenvalue weighted by Crippen LogP contribution is 2.29. The Morgan fingerprint density at radius 1 is 1.00 bits per heavy atom. The summed E-state index contributed by atoms with van der Waals surface area (Å²) in [5.74, 6) is 0.176. The first kappa shape index (κ1) is 20.1. The molecule has 4 aromatic heterocycles. The van der Waals surface area contributed by atoms with Crippen LogP contribution < -0.4 is 10.6 Å². The zero-order chi connectivity index (χ0) is 21.9. The summed E-state index contributed by atoms with van der Waals surface area (Å²) in [6.07, 6.45) is 0. The number of para-hydroxylation sites is 1. The van der Waals surface area contributed by atoms with E-state index >= 15 is 0 Å². The number of furan rings is 1. The fourth-order valence-corrected chi connectivity index (χ4v) is 4.40. The molecule has 0 unspecified atom stereocenters. The van der Waals surface area contributed by atoms with E-state index < -0.39 is 11.8 Å². The van der Waals surface area contributed by atoms with Crippen LogP contribution >= 0.6 is 22.7 Å². The maximum absolute atomic E-state index is 12.1. The first-order valence-electron chi connectivity index (χ1n) is 9.60. The van der Waals surface area contributed by atoms with Crippen LogP contribution in [-0.2, 0) is 22.7 Å². The summed E-state index contributed by atoms with van der Waals surface area (Å²) >= 11 is 2.93. The molecule has 0 spiro atoms. The minimum atomic E-state index is -0.758. The van der Waals surface area contributed by atoms with Crippen molar-refractivity contribution in [1.29, 1.82) is 0 Å². The van der Waals surface area contributed by atoms with Crippen molar-refractivity contribution in [3.05, 3.63) is 64.7 Å². The fourth-order valence-electron chi connectivity index (χ4n) is 2.97. The number of rotatable bonds is 6. The molecule has 0 atom stereocenters. The Kier molecular flexibility index (Phi) is 5.48. The minimum Gasteiger partial charge on any atom is -0.454 e. The average Bonchev–Trinajstić information content (AvgIpc) is 3.61. The summed E-state index contributed by atoms with van der Waals surface area (Å²) in [5.41, 5.74) is 1.43. The van der Waals surface area contributed by atoms with Gasteiger partial charge in [0.05, 0.1) is 23.7 Å². The quantitative estimate of drug-likeness (QED) is 0.331.